The monoisotopic (exact) mass is 408 g/mol. The molecule has 3 aromatic rings. The molecule has 0 spiro atoms. The van der Waals surface area contributed by atoms with Gasteiger partial charge in [0.1, 0.15) is 5.52 Å². The number of amides is 1. The molecule has 0 bridgehead atoms. The number of nitrogens with one attached hydrogen (secondary N) is 1. The molecule has 9 heteroatoms. The minimum Gasteiger partial charge on any atom is -0.445 e. The van der Waals surface area contributed by atoms with E-state index in [9.17, 15) is 4.79 Å². The van der Waals surface area contributed by atoms with Crippen molar-refractivity contribution in [2.45, 2.75) is 6.92 Å². The van der Waals surface area contributed by atoms with E-state index >= 15 is 0 Å². The lowest BCUT2D eigenvalue weighted by Gasteiger charge is -2.27. The van der Waals surface area contributed by atoms with Crippen LogP contribution in [0.2, 0.25) is 0 Å². The lowest BCUT2D eigenvalue weighted by molar-refractivity contribution is 0.0799. The Bertz CT molecular complexity index is 1090. The van der Waals surface area contributed by atoms with Gasteiger partial charge in [-0.2, -0.15) is 10.1 Å². The number of hydrogen-bond donors (Lipinski definition) is 1. The number of anilines is 2. The van der Waals surface area contributed by atoms with Crippen LogP contribution in [-0.2, 0) is 4.74 Å². The summed E-state index contributed by atoms with van der Waals surface area (Å²) in [5, 5.41) is 4.27. The Hall–Kier alpha value is -3.46. The van der Waals surface area contributed by atoms with E-state index in [1.165, 1.54) is 4.90 Å². The number of carbonyl (C=O) groups excluding carboxylic acids is 1. The zero-order valence-corrected chi connectivity index (χ0v) is 17.3. The molecule has 1 aromatic carbocycles. The Morgan fingerprint density at radius 2 is 2.03 bits per heavy atom. The molecule has 1 amide bonds. The average Bonchev–Trinajstić information content (AvgIpc) is 3.17. The molecule has 30 heavy (non-hydrogen) atoms. The molecule has 0 unspecified atom stereocenters. The van der Waals surface area contributed by atoms with Crippen LogP contribution in [0, 0.1) is 6.92 Å². The Kier molecular flexibility index (Phi) is 5.62. The third kappa shape index (κ3) is 4.25. The Balaban J connectivity index is 1.68. The Morgan fingerprint density at radius 1 is 1.23 bits per heavy atom. The number of aryl methyl sites for hydroxylation is 1. The van der Waals surface area contributed by atoms with Crippen LogP contribution in [0.4, 0.5) is 11.8 Å². The lowest BCUT2D eigenvalue weighted by Crippen LogP contribution is -2.37. The molecule has 4 rings (SSSR count). The highest BCUT2D eigenvalue weighted by atomic mass is 16.5. The van der Waals surface area contributed by atoms with Crippen LogP contribution in [-0.4, -0.2) is 67.4 Å². The summed E-state index contributed by atoms with van der Waals surface area (Å²) in [5.41, 5.74) is 6.05. The van der Waals surface area contributed by atoms with Crippen molar-refractivity contribution in [3.8, 4) is 0 Å². The Morgan fingerprint density at radius 3 is 2.77 bits per heavy atom. The first-order valence-corrected chi connectivity index (χ1v) is 9.73. The van der Waals surface area contributed by atoms with Crippen molar-refractivity contribution >= 4 is 35.0 Å². The third-order valence-electron chi connectivity index (χ3n) is 4.70. The molecular weight excluding hydrogens is 384 g/mol. The molecular formula is C21H24N6O3. The van der Waals surface area contributed by atoms with Gasteiger partial charge in [0.05, 0.1) is 19.4 Å². The molecule has 2 aromatic heterocycles. The second-order valence-corrected chi connectivity index (χ2v) is 7.28. The van der Waals surface area contributed by atoms with Gasteiger partial charge in [-0.05, 0) is 12.5 Å². The van der Waals surface area contributed by atoms with E-state index in [1.54, 1.807) is 26.4 Å². The van der Waals surface area contributed by atoms with E-state index in [2.05, 4.69) is 25.4 Å². The normalized spacial score (nSPS) is 14.4. The minimum absolute atomic E-state index is 0.222. The van der Waals surface area contributed by atoms with E-state index < -0.39 is 0 Å². The Labute approximate surface area is 174 Å². The largest absolute Gasteiger partial charge is 0.445 e. The van der Waals surface area contributed by atoms with Crippen molar-refractivity contribution in [3.05, 3.63) is 47.2 Å². The van der Waals surface area contributed by atoms with Crippen molar-refractivity contribution in [2.75, 3.05) is 50.7 Å². The number of rotatable bonds is 5. The SMILES string of the molecule is Cc1cccc(/C=N/Nc2nc(N3CCOCC3)c3oc(C(=O)N(C)C)cc3n2)c1. The maximum absolute atomic E-state index is 12.4. The number of hydrogen-bond acceptors (Lipinski definition) is 8. The summed E-state index contributed by atoms with van der Waals surface area (Å²) in [6, 6.07) is 9.64. The maximum atomic E-state index is 12.4. The smallest absolute Gasteiger partial charge is 0.289 e. The van der Waals surface area contributed by atoms with Crippen molar-refractivity contribution in [1.82, 2.24) is 14.9 Å². The van der Waals surface area contributed by atoms with Gasteiger partial charge in [-0.3, -0.25) is 4.79 Å². The van der Waals surface area contributed by atoms with Crippen LogP contribution in [0.15, 0.2) is 39.9 Å². The molecule has 9 nitrogen and oxygen atoms in total. The maximum Gasteiger partial charge on any atom is 0.289 e. The molecule has 0 radical (unpaired) electrons. The second kappa shape index (κ2) is 8.50. The summed E-state index contributed by atoms with van der Waals surface area (Å²) in [4.78, 5) is 25.0. The number of morpholine rings is 1. The van der Waals surface area contributed by atoms with E-state index in [4.69, 9.17) is 9.15 Å². The van der Waals surface area contributed by atoms with E-state index in [0.29, 0.717) is 49.2 Å². The van der Waals surface area contributed by atoms with Gasteiger partial charge in [-0.1, -0.05) is 29.8 Å². The molecule has 1 N–H and O–H groups in total. The fourth-order valence-corrected chi connectivity index (χ4v) is 3.20. The number of hydrazone groups is 1. The minimum atomic E-state index is -0.229. The van der Waals surface area contributed by atoms with Gasteiger partial charge < -0.3 is 19.0 Å². The van der Waals surface area contributed by atoms with Crippen molar-refractivity contribution in [3.63, 3.8) is 0 Å². The van der Waals surface area contributed by atoms with E-state index in [-0.39, 0.29) is 11.7 Å². The lowest BCUT2D eigenvalue weighted by atomic mass is 10.2. The highest BCUT2D eigenvalue weighted by Gasteiger charge is 2.23. The van der Waals surface area contributed by atoms with Crippen molar-refractivity contribution in [1.29, 1.82) is 0 Å². The molecule has 0 saturated carbocycles. The first-order valence-electron chi connectivity index (χ1n) is 9.73. The number of furan rings is 1. The fraction of sp³-hybridized carbons (Fsp3) is 0.333. The van der Waals surface area contributed by atoms with Crippen LogP contribution >= 0.6 is 0 Å². The van der Waals surface area contributed by atoms with Gasteiger partial charge in [0, 0.05) is 33.3 Å². The van der Waals surface area contributed by atoms with Crippen LogP contribution in [0.1, 0.15) is 21.7 Å². The van der Waals surface area contributed by atoms with Gasteiger partial charge >= 0.3 is 0 Å². The average molecular weight is 408 g/mol. The summed E-state index contributed by atoms with van der Waals surface area (Å²) in [6.45, 7) is 4.58. The number of aromatic nitrogens is 2. The molecule has 1 aliphatic rings. The zero-order chi connectivity index (χ0) is 21.1. The van der Waals surface area contributed by atoms with Crippen LogP contribution in [0.5, 0.6) is 0 Å². The second-order valence-electron chi connectivity index (χ2n) is 7.28. The van der Waals surface area contributed by atoms with Crippen molar-refractivity contribution in [2.24, 2.45) is 5.10 Å². The van der Waals surface area contributed by atoms with Gasteiger partial charge in [-0.25, -0.2) is 10.4 Å². The molecule has 3 heterocycles. The summed E-state index contributed by atoms with van der Waals surface area (Å²) < 4.78 is 11.3. The van der Waals surface area contributed by atoms with Gasteiger partial charge in [0.15, 0.2) is 17.2 Å². The first kappa shape index (κ1) is 19.8. The summed E-state index contributed by atoms with van der Waals surface area (Å²) in [6.07, 6.45) is 1.71. The number of ether oxygens (including phenoxy) is 1. The molecule has 1 aliphatic heterocycles. The summed E-state index contributed by atoms with van der Waals surface area (Å²) in [5.74, 6) is 0.944. The topological polar surface area (TPSA) is 96.1 Å². The number of benzene rings is 1. The molecule has 156 valence electrons. The van der Waals surface area contributed by atoms with Crippen molar-refractivity contribution < 1.29 is 13.9 Å². The fourth-order valence-electron chi connectivity index (χ4n) is 3.20. The number of fused-ring (bicyclic) bond motifs is 1. The third-order valence-corrected chi connectivity index (χ3v) is 4.70. The predicted octanol–water partition coefficient (Wildman–Crippen LogP) is 2.52. The predicted molar refractivity (Wildman–Crippen MR) is 115 cm³/mol. The van der Waals surface area contributed by atoms with Crippen LogP contribution < -0.4 is 10.3 Å². The number of carbonyl (C=O) groups is 1. The highest BCUT2D eigenvalue weighted by Crippen LogP contribution is 2.29. The van der Waals surface area contributed by atoms with Crippen LogP contribution in [0.3, 0.4) is 0 Å². The molecule has 1 fully saturated rings. The standard InChI is InChI=1S/C21H24N6O3/c1-14-5-4-6-15(11-14)13-22-25-21-23-16-12-17(20(28)26(2)3)30-18(16)19(24-21)27-7-9-29-10-8-27/h4-6,11-13H,7-10H2,1-3H3,(H,23,24,25)/b22-13+. The quantitative estimate of drug-likeness (QED) is 0.512. The van der Waals surface area contributed by atoms with Gasteiger partial charge in [-0.15, -0.1) is 0 Å². The van der Waals surface area contributed by atoms with E-state index in [1.807, 2.05) is 31.2 Å². The summed E-state index contributed by atoms with van der Waals surface area (Å²) >= 11 is 0. The van der Waals surface area contributed by atoms with Crippen LogP contribution in [0.25, 0.3) is 11.1 Å². The molecule has 0 aliphatic carbocycles. The first-order chi connectivity index (χ1) is 14.5. The highest BCUT2D eigenvalue weighted by molar-refractivity contribution is 5.97. The van der Waals surface area contributed by atoms with Gasteiger partial charge in [0.25, 0.3) is 5.91 Å². The molecule has 0 atom stereocenters. The summed E-state index contributed by atoms with van der Waals surface area (Å²) in [7, 11) is 3.36. The van der Waals surface area contributed by atoms with E-state index in [0.717, 1.165) is 11.1 Å². The number of nitrogens with zero attached hydrogens (tertiary/aromatic N) is 5. The molecule has 1 saturated heterocycles. The van der Waals surface area contributed by atoms with Gasteiger partial charge in [0.2, 0.25) is 5.95 Å². The zero-order valence-electron chi connectivity index (χ0n) is 17.3.